The summed E-state index contributed by atoms with van der Waals surface area (Å²) in [6.45, 7) is 3.54. The molecular formula is C16H16N2O3S. The fraction of sp³-hybridized carbons (Fsp3) is 0.250. The van der Waals surface area contributed by atoms with Gasteiger partial charge in [0.15, 0.2) is 5.89 Å². The first-order valence-corrected chi connectivity index (χ1v) is 7.75. The Morgan fingerprint density at radius 3 is 2.86 bits per heavy atom. The SMILES string of the molecule is Cc1nc(C)c(C(=O)NC[C@@H](O)c2cc3ccccc3s2)o1. The number of fused-ring (bicyclic) bond motifs is 1. The average molecular weight is 316 g/mol. The van der Waals surface area contributed by atoms with Crippen LogP contribution >= 0.6 is 11.3 Å². The molecule has 3 rings (SSSR count). The summed E-state index contributed by atoms with van der Waals surface area (Å²) < 4.78 is 6.38. The minimum Gasteiger partial charge on any atom is -0.436 e. The third kappa shape index (κ3) is 2.88. The molecule has 0 aliphatic heterocycles. The maximum absolute atomic E-state index is 12.0. The summed E-state index contributed by atoms with van der Waals surface area (Å²) in [6.07, 6.45) is -0.745. The molecule has 2 N–H and O–H groups in total. The molecule has 1 aromatic carbocycles. The summed E-state index contributed by atoms with van der Waals surface area (Å²) in [4.78, 5) is 16.9. The molecule has 0 radical (unpaired) electrons. The molecular weight excluding hydrogens is 300 g/mol. The first-order chi connectivity index (χ1) is 10.5. The van der Waals surface area contributed by atoms with Crippen molar-refractivity contribution in [3.05, 3.63) is 52.6 Å². The van der Waals surface area contributed by atoms with Gasteiger partial charge in [-0.1, -0.05) is 18.2 Å². The molecule has 3 aromatic rings. The lowest BCUT2D eigenvalue weighted by atomic mass is 10.2. The van der Waals surface area contributed by atoms with Crippen molar-refractivity contribution < 1.29 is 14.3 Å². The van der Waals surface area contributed by atoms with Crippen LogP contribution in [-0.2, 0) is 0 Å². The number of nitrogens with zero attached hydrogens (tertiary/aromatic N) is 1. The zero-order valence-corrected chi connectivity index (χ0v) is 13.1. The number of hydrogen-bond donors (Lipinski definition) is 2. The van der Waals surface area contributed by atoms with Crippen LogP contribution in [0.4, 0.5) is 0 Å². The molecule has 0 spiro atoms. The number of benzene rings is 1. The van der Waals surface area contributed by atoms with Gasteiger partial charge in [-0.15, -0.1) is 11.3 Å². The van der Waals surface area contributed by atoms with Gasteiger partial charge in [0.2, 0.25) is 5.76 Å². The van der Waals surface area contributed by atoms with E-state index < -0.39 is 6.10 Å². The van der Waals surface area contributed by atoms with Gasteiger partial charge in [-0.2, -0.15) is 0 Å². The van der Waals surface area contributed by atoms with Gasteiger partial charge in [-0.25, -0.2) is 4.98 Å². The van der Waals surface area contributed by atoms with Gasteiger partial charge >= 0.3 is 0 Å². The third-order valence-corrected chi connectivity index (χ3v) is 4.56. The van der Waals surface area contributed by atoms with E-state index in [9.17, 15) is 9.90 Å². The van der Waals surface area contributed by atoms with Crippen LogP contribution in [0.25, 0.3) is 10.1 Å². The Bertz CT molecular complexity index is 789. The Labute approximate surface area is 131 Å². The second-order valence-corrected chi connectivity index (χ2v) is 6.18. The van der Waals surface area contributed by atoms with Gasteiger partial charge in [-0.05, 0) is 24.4 Å². The summed E-state index contributed by atoms with van der Waals surface area (Å²) >= 11 is 1.52. The summed E-state index contributed by atoms with van der Waals surface area (Å²) in [5, 5.41) is 14.0. The van der Waals surface area contributed by atoms with E-state index in [0.29, 0.717) is 11.6 Å². The number of hydrogen-bond acceptors (Lipinski definition) is 5. The normalized spacial score (nSPS) is 12.5. The third-order valence-electron chi connectivity index (χ3n) is 3.34. The Morgan fingerprint density at radius 1 is 1.41 bits per heavy atom. The van der Waals surface area contributed by atoms with Crippen molar-refractivity contribution in [1.82, 2.24) is 10.3 Å². The van der Waals surface area contributed by atoms with Crippen molar-refractivity contribution >= 4 is 27.3 Å². The highest BCUT2D eigenvalue weighted by Gasteiger charge is 2.18. The standard InChI is InChI=1S/C16H16N2O3S/c1-9-15(21-10(2)18-9)16(20)17-8-12(19)14-7-11-5-3-4-6-13(11)22-14/h3-7,12,19H,8H2,1-2H3,(H,17,20)/t12-/m1/s1. The minimum atomic E-state index is -0.745. The Kier molecular flexibility index (Phi) is 3.96. The first kappa shape index (κ1) is 14.7. The molecule has 0 aliphatic carbocycles. The topological polar surface area (TPSA) is 75.4 Å². The van der Waals surface area contributed by atoms with Crippen LogP contribution in [0.2, 0.25) is 0 Å². The smallest absolute Gasteiger partial charge is 0.289 e. The molecule has 2 aromatic heterocycles. The number of thiophene rings is 1. The van der Waals surface area contributed by atoms with Crippen molar-refractivity contribution in [2.45, 2.75) is 20.0 Å². The highest BCUT2D eigenvalue weighted by molar-refractivity contribution is 7.19. The molecule has 6 heteroatoms. The van der Waals surface area contributed by atoms with Gasteiger partial charge in [0.25, 0.3) is 5.91 Å². The molecule has 0 saturated heterocycles. The Morgan fingerprint density at radius 2 is 2.18 bits per heavy atom. The van der Waals surface area contributed by atoms with Gasteiger partial charge in [-0.3, -0.25) is 4.79 Å². The minimum absolute atomic E-state index is 0.130. The lowest BCUT2D eigenvalue weighted by Gasteiger charge is -2.09. The van der Waals surface area contributed by atoms with Gasteiger partial charge < -0.3 is 14.8 Å². The monoisotopic (exact) mass is 316 g/mol. The van der Waals surface area contributed by atoms with E-state index in [0.717, 1.165) is 15.0 Å². The van der Waals surface area contributed by atoms with Crippen LogP contribution in [0.1, 0.15) is 33.1 Å². The highest BCUT2D eigenvalue weighted by atomic mass is 32.1. The molecule has 2 heterocycles. The number of rotatable bonds is 4. The molecule has 22 heavy (non-hydrogen) atoms. The first-order valence-electron chi connectivity index (χ1n) is 6.93. The molecule has 1 atom stereocenters. The summed E-state index contributed by atoms with van der Waals surface area (Å²) in [6, 6.07) is 9.88. The number of carbonyl (C=O) groups is 1. The highest BCUT2D eigenvalue weighted by Crippen LogP contribution is 2.29. The number of carbonyl (C=O) groups excluding carboxylic acids is 1. The Hall–Kier alpha value is -2.18. The molecule has 1 amide bonds. The zero-order chi connectivity index (χ0) is 15.7. The molecule has 5 nitrogen and oxygen atoms in total. The number of aryl methyl sites for hydroxylation is 2. The average Bonchev–Trinajstić information content (AvgIpc) is 3.07. The van der Waals surface area contributed by atoms with Crippen LogP contribution in [-0.4, -0.2) is 22.5 Å². The lowest BCUT2D eigenvalue weighted by Crippen LogP contribution is -2.28. The molecule has 0 fully saturated rings. The molecule has 0 aliphatic rings. The van der Waals surface area contributed by atoms with Crippen LogP contribution in [0.5, 0.6) is 0 Å². The fourth-order valence-corrected chi connectivity index (χ4v) is 3.33. The van der Waals surface area contributed by atoms with E-state index in [-0.39, 0.29) is 18.2 Å². The van der Waals surface area contributed by atoms with Crippen molar-refractivity contribution in [3.63, 3.8) is 0 Å². The number of nitrogens with one attached hydrogen (secondary N) is 1. The summed E-state index contributed by atoms with van der Waals surface area (Å²) in [7, 11) is 0. The van der Waals surface area contributed by atoms with Gasteiger partial charge in [0.05, 0.1) is 5.69 Å². The Balaban J connectivity index is 1.68. The number of aliphatic hydroxyl groups is 1. The predicted molar refractivity (Wildman–Crippen MR) is 85.1 cm³/mol. The summed E-state index contributed by atoms with van der Waals surface area (Å²) in [5.74, 6) is 0.284. The summed E-state index contributed by atoms with van der Waals surface area (Å²) in [5.41, 5.74) is 0.548. The van der Waals surface area contributed by atoms with Crippen LogP contribution in [0.15, 0.2) is 34.7 Å². The van der Waals surface area contributed by atoms with Crippen LogP contribution in [0, 0.1) is 13.8 Å². The van der Waals surface area contributed by atoms with Crippen LogP contribution in [0.3, 0.4) is 0 Å². The second kappa shape index (κ2) is 5.90. The quantitative estimate of drug-likeness (QED) is 0.776. The van der Waals surface area contributed by atoms with Gasteiger partial charge in [0, 0.05) is 23.0 Å². The molecule has 114 valence electrons. The second-order valence-electron chi connectivity index (χ2n) is 5.06. The van der Waals surface area contributed by atoms with Crippen molar-refractivity contribution in [2.24, 2.45) is 0 Å². The van der Waals surface area contributed by atoms with E-state index >= 15 is 0 Å². The van der Waals surface area contributed by atoms with E-state index in [1.54, 1.807) is 13.8 Å². The maximum atomic E-state index is 12.0. The number of aromatic nitrogens is 1. The molecule has 0 unspecified atom stereocenters. The number of amides is 1. The molecule has 0 bridgehead atoms. The van der Waals surface area contributed by atoms with E-state index in [1.165, 1.54) is 11.3 Å². The maximum Gasteiger partial charge on any atom is 0.289 e. The van der Waals surface area contributed by atoms with E-state index in [4.69, 9.17) is 4.42 Å². The van der Waals surface area contributed by atoms with E-state index in [2.05, 4.69) is 10.3 Å². The van der Waals surface area contributed by atoms with E-state index in [1.807, 2.05) is 30.3 Å². The van der Waals surface area contributed by atoms with Gasteiger partial charge in [0.1, 0.15) is 6.10 Å². The molecule has 0 saturated carbocycles. The van der Waals surface area contributed by atoms with Crippen molar-refractivity contribution in [1.29, 1.82) is 0 Å². The van der Waals surface area contributed by atoms with Crippen LogP contribution < -0.4 is 5.32 Å². The number of aliphatic hydroxyl groups excluding tert-OH is 1. The predicted octanol–water partition coefficient (Wildman–Crippen LogP) is 2.97. The number of oxazole rings is 1. The van der Waals surface area contributed by atoms with Crippen molar-refractivity contribution in [3.8, 4) is 0 Å². The largest absolute Gasteiger partial charge is 0.436 e. The fourth-order valence-electron chi connectivity index (χ4n) is 2.28. The lowest BCUT2D eigenvalue weighted by molar-refractivity contribution is 0.0888. The zero-order valence-electron chi connectivity index (χ0n) is 12.3. The van der Waals surface area contributed by atoms with Crippen molar-refractivity contribution in [2.75, 3.05) is 6.54 Å².